The highest BCUT2D eigenvalue weighted by molar-refractivity contribution is 5.98. The van der Waals surface area contributed by atoms with Crippen LogP contribution in [0.4, 0.5) is 8.78 Å². The van der Waals surface area contributed by atoms with E-state index in [1.807, 2.05) is 0 Å². The van der Waals surface area contributed by atoms with Gasteiger partial charge in [0.2, 0.25) is 5.88 Å². The molecule has 0 bridgehead atoms. The van der Waals surface area contributed by atoms with Crippen molar-refractivity contribution in [3.05, 3.63) is 59.3 Å². The summed E-state index contributed by atoms with van der Waals surface area (Å²) < 4.78 is 32.1. The normalized spacial score (nSPS) is 15.0. The molecule has 1 aliphatic rings. The number of halogens is 2. The highest BCUT2D eigenvalue weighted by Crippen LogP contribution is 2.24. The molecule has 1 aromatic carbocycles. The third-order valence-electron chi connectivity index (χ3n) is 4.54. The van der Waals surface area contributed by atoms with Crippen LogP contribution in [0.1, 0.15) is 33.6 Å². The van der Waals surface area contributed by atoms with Crippen molar-refractivity contribution in [2.45, 2.75) is 12.8 Å². The number of carbonyl (C=O) groups excluding carboxylic acids is 2. The fraction of sp³-hybridized carbons (Fsp3) is 0.316. The quantitative estimate of drug-likeness (QED) is 0.786. The summed E-state index contributed by atoms with van der Waals surface area (Å²) in [7, 11) is 1.49. The fourth-order valence-electron chi connectivity index (χ4n) is 3.06. The molecule has 26 heavy (non-hydrogen) atoms. The maximum atomic E-state index is 13.8. The molecule has 0 saturated carbocycles. The molecule has 1 amide bonds. The zero-order valence-electron chi connectivity index (χ0n) is 14.2. The number of methoxy groups -OCH3 is 1. The van der Waals surface area contributed by atoms with Gasteiger partial charge in [0.25, 0.3) is 5.91 Å². The van der Waals surface area contributed by atoms with E-state index in [9.17, 15) is 18.4 Å². The number of nitrogens with zero attached hydrogens (tertiary/aromatic N) is 2. The molecule has 0 N–H and O–H groups in total. The number of aromatic nitrogens is 1. The molecule has 7 heteroatoms. The van der Waals surface area contributed by atoms with E-state index < -0.39 is 23.3 Å². The monoisotopic (exact) mass is 360 g/mol. The number of hydrogen-bond acceptors (Lipinski definition) is 4. The van der Waals surface area contributed by atoms with Crippen LogP contribution >= 0.6 is 0 Å². The van der Waals surface area contributed by atoms with Gasteiger partial charge in [-0.1, -0.05) is 0 Å². The van der Waals surface area contributed by atoms with Crippen LogP contribution in [0.3, 0.4) is 0 Å². The molecule has 0 aliphatic carbocycles. The SMILES string of the molecule is COc1ccc(C(=O)N2CCC(C(=O)c3cc(F)ccc3F)CC2)cn1. The first-order valence-electron chi connectivity index (χ1n) is 8.28. The van der Waals surface area contributed by atoms with Gasteiger partial charge in [0.15, 0.2) is 5.78 Å². The lowest BCUT2D eigenvalue weighted by molar-refractivity contribution is 0.0648. The number of piperidine rings is 1. The Morgan fingerprint density at radius 1 is 1.15 bits per heavy atom. The lowest BCUT2D eigenvalue weighted by Crippen LogP contribution is -2.40. The van der Waals surface area contributed by atoms with Crippen molar-refractivity contribution < 1.29 is 23.1 Å². The number of ether oxygens (including phenoxy) is 1. The van der Waals surface area contributed by atoms with Crippen LogP contribution in [-0.4, -0.2) is 41.8 Å². The van der Waals surface area contributed by atoms with Crippen molar-refractivity contribution in [1.29, 1.82) is 0 Å². The molecule has 2 heterocycles. The number of carbonyl (C=O) groups is 2. The maximum Gasteiger partial charge on any atom is 0.255 e. The van der Waals surface area contributed by atoms with E-state index in [4.69, 9.17) is 4.74 Å². The highest BCUT2D eigenvalue weighted by Gasteiger charge is 2.30. The minimum Gasteiger partial charge on any atom is -0.481 e. The van der Waals surface area contributed by atoms with Gasteiger partial charge in [-0.25, -0.2) is 13.8 Å². The molecular formula is C19H18F2N2O3. The van der Waals surface area contributed by atoms with Crippen LogP contribution < -0.4 is 4.74 Å². The average Bonchev–Trinajstić information content (AvgIpc) is 2.69. The van der Waals surface area contributed by atoms with Crippen LogP contribution in [0.2, 0.25) is 0 Å². The number of hydrogen-bond donors (Lipinski definition) is 0. The van der Waals surface area contributed by atoms with Crippen LogP contribution in [0.15, 0.2) is 36.5 Å². The summed E-state index contributed by atoms with van der Waals surface area (Å²) in [6, 6.07) is 6.11. The molecule has 1 saturated heterocycles. The van der Waals surface area contributed by atoms with Crippen LogP contribution in [0.25, 0.3) is 0 Å². The maximum absolute atomic E-state index is 13.8. The standard InChI is InChI=1S/C19H18F2N2O3/c1-26-17-5-2-13(11-22-17)19(25)23-8-6-12(7-9-23)18(24)15-10-14(20)3-4-16(15)21/h2-5,10-12H,6-9H2,1H3. The van der Waals surface area contributed by atoms with Gasteiger partial charge in [-0.15, -0.1) is 0 Å². The third kappa shape index (κ3) is 3.71. The largest absolute Gasteiger partial charge is 0.481 e. The van der Waals surface area contributed by atoms with E-state index >= 15 is 0 Å². The minimum atomic E-state index is -0.723. The summed E-state index contributed by atoms with van der Waals surface area (Å²) in [5.74, 6) is -1.97. The second-order valence-electron chi connectivity index (χ2n) is 6.14. The van der Waals surface area contributed by atoms with Gasteiger partial charge in [-0.2, -0.15) is 0 Å². The Morgan fingerprint density at radius 3 is 2.50 bits per heavy atom. The van der Waals surface area contributed by atoms with E-state index in [0.29, 0.717) is 37.4 Å². The Labute approximate surface area is 149 Å². The minimum absolute atomic E-state index is 0.178. The number of Topliss-reactive ketones (excluding diaryl/α,β-unsaturated/α-hetero) is 1. The second-order valence-corrected chi connectivity index (χ2v) is 6.14. The Bertz CT molecular complexity index is 816. The number of rotatable bonds is 4. The Kier molecular flexibility index (Phi) is 5.25. The zero-order chi connectivity index (χ0) is 18.7. The van der Waals surface area contributed by atoms with Gasteiger partial charge in [0.05, 0.1) is 18.2 Å². The second kappa shape index (κ2) is 7.59. The molecule has 1 fully saturated rings. The summed E-state index contributed by atoms with van der Waals surface area (Å²) in [6.45, 7) is 0.746. The molecular weight excluding hydrogens is 342 g/mol. The van der Waals surface area contributed by atoms with Gasteiger partial charge in [-0.3, -0.25) is 9.59 Å². The van der Waals surface area contributed by atoms with E-state index in [0.717, 1.165) is 18.2 Å². The van der Waals surface area contributed by atoms with Crippen LogP contribution in [-0.2, 0) is 0 Å². The average molecular weight is 360 g/mol. The topological polar surface area (TPSA) is 59.5 Å². The predicted octanol–water partition coefficient (Wildman–Crippen LogP) is 3.10. The predicted molar refractivity (Wildman–Crippen MR) is 90.1 cm³/mol. The van der Waals surface area contributed by atoms with Gasteiger partial charge < -0.3 is 9.64 Å². The van der Waals surface area contributed by atoms with Crippen molar-refractivity contribution in [2.75, 3.05) is 20.2 Å². The molecule has 3 rings (SSSR count). The molecule has 136 valence electrons. The first-order chi connectivity index (χ1) is 12.5. The number of benzene rings is 1. The molecule has 1 aromatic heterocycles. The Morgan fingerprint density at radius 2 is 1.88 bits per heavy atom. The number of amides is 1. The molecule has 0 unspecified atom stereocenters. The summed E-state index contributed by atoms with van der Waals surface area (Å²) in [5.41, 5.74) is 0.209. The van der Waals surface area contributed by atoms with E-state index in [1.165, 1.54) is 13.3 Å². The van der Waals surface area contributed by atoms with Crippen LogP contribution in [0.5, 0.6) is 5.88 Å². The van der Waals surface area contributed by atoms with Crippen molar-refractivity contribution in [2.24, 2.45) is 5.92 Å². The lowest BCUT2D eigenvalue weighted by atomic mass is 9.88. The Balaban J connectivity index is 1.64. The lowest BCUT2D eigenvalue weighted by Gasteiger charge is -2.31. The summed E-state index contributed by atoms with van der Waals surface area (Å²) in [6.07, 6.45) is 2.26. The molecule has 5 nitrogen and oxygen atoms in total. The van der Waals surface area contributed by atoms with Crippen molar-refractivity contribution in [3.63, 3.8) is 0 Å². The molecule has 2 aromatic rings. The number of likely N-dealkylation sites (tertiary alicyclic amines) is 1. The first-order valence-corrected chi connectivity index (χ1v) is 8.28. The highest BCUT2D eigenvalue weighted by atomic mass is 19.1. The van der Waals surface area contributed by atoms with E-state index in [1.54, 1.807) is 17.0 Å². The number of ketones is 1. The van der Waals surface area contributed by atoms with E-state index in [-0.39, 0.29) is 11.5 Å². The van der Waals surface area contributed by atoms with Gasteiger partial charge in [0.1, 0.15) is 11.6 Å². The van der Waals surface area contributed by atoms with Crippen molar-refractivity contribution in [3.8, 4) is 5.88 Å². The van der Waals surface area contributed by atoms with Gasteiger partial charge in [-0.05, 0) is 37.1 Å². The van der Waals surface area contributed by atoms with E-state index in [2.05, 4.69) is 4.98 Å². The van der Waals surface area contributed by atoms with Gasteiger partial charge >= 0.3 is 0 Å². The molecule has 0 atom stereocenters. The van der Waals surface area contributed by atoms with Crippen LogP contribution in [0, 0.1) is 17.6 Å². The smallest absolute Gasteiger partial charge is 0.255 e. The Hall–Kier alpha value is -2.83. The molecule has 0 radical (unpaired) electrons. The first kappa shape index (κ1) is 18.0. The summed E-state index contributed by atoms with van der Waals surface area (Å²) in [5, 5.41) is 0. The summed E-state index contributed by atoms with van der Waals surface area (Å²) >= 11 is 0. The fourth-order valence-corrected chi connectivity index (χ4v) is 3.06. The third-order valence-corrected chi connectivity index (χ3v) is 4.54. The number of pyridine rings is 1. The molecule has 0 spiro atoms. The summed E-state index contributed by atoms with van der Waals surface area (Å²) in [4.78, 5) is 30.6. The van der Waals surface area contributed by atoms with Crippen molar-refractivity contribution >= 4 is 11.7 Å². The zero-order valence-corrected chi connectivity index (χ0v) is 14.2. The molecule has 1 aliphatic heterocycles. The van der Waals surface area contributed by atoms with Gasteiger partial charge in [0, 0.05) is 31.3 Å². The van der Waals surface area contributed by atoms with Crippen molar-refractivity contribution in [1.82, 2.24) is 9.88 Å².